The SMILES string of the molecule is NC(=S)c1ccc(N2CCCOCC2)c(Br)c1. The van der Waals surface area contributed by atoms with Gasteiger partial charge in [-0.3, -0.25) is 0 Å². The van der Waals surface area contributed by atoms with E-state index in [1.807, 2.05) is 12.1 Å². The number of thiocarbonyl (C=S) groups is 1. The minimum Gasteiger partial charge on any atom is -0.389 e. The smallest absolute Gasteiger partial charge is 0.104 e. The summed E-state index contributed by atoms with van der Waals surface area (Å²) in [4.78, 5) is 2.75. The van der Waals surface area contributed by atoms with E-state index >= 15 is 0 Å². The predicted octanol–water partition coefficient (Wildman–Crippen LogP) is 2.31. The van der Waals surface area contributed by atoms with Crippen molar-refractivity contribution in [3.05, 3.63) is 28.2 Å². The Labute approximate surface area is 115 Å². The van der Waals surface area contributed by atoms with Crippen molar-refractivity contribution in [3.8, 4) is 0 Å². The summed E-state index contributed by atoms with van der Waals surface area (Å²) in [6, 6.07) is 6.00. The van der Waals surface area contributed by atoms with Gasteiger partial charge in [-0.15, -0.1) is 0 Å². The molecule has 0 atom stereocenters. The maximum atomic E-state index is 5.61. The van der Waals surface area contributed by atoms with Gasteiger partial charge in [0.25, 0.3) is 0 Å². The van der Waals surface area contributed by atoms with Gasteiger partial charge in [-0.1, -0.05) is 12.2 Å². The second kappa shape index (κ2) is 5.80. The first-order valence-electron chi connectivity index (χ1n) is 5.60. The highest BCUT2D eigenvalue weighted by molar-refractivity contribution is 9.10. The van der Waals surface area contributed by atoms with E-state index < -0.39 is 0 Å². The van der Waals surface area contributed by atoms with E-state index in [1.165, 1.54) is 5.69 Å². The minimum absolute atomic E-state index is 0.427. The molecule has 92 valence electrons. The molecule has 0 bridgehead atoms. The van der Waals surface area contributed by atoms with Gasteiger partial charge in [-0.2, -0.15) is 0 Å². The molecule has 17 heavy (non-hydrogen) atoms. The molecule has 1 aliphatic heterocycles. The Morgan fingerprint density at radius 1 is 1.35 bits per heavy atom. The second-order valence-corrected chi connectivity index (χ2v) is 5.28. The van der Waals surface area contributed by atoms with Crippen molar-refractivity contribution in [3.63, 3.8) is 0 Å². The number of hydrogen-bond acceptors (Lipinski definition) is 3. The van der Waals surface area contributed by atoms with E-state index in [0.717, 1.165) is 42.8 Å². The van der Waals surface area contributed by atoms with Crippen LogP contribution in [0.4, 0.5) is 5.69 Å². The van der Waals surface area contributed by atoms with E-state index in [0.29, 0.717) is 4.99 Å². The topological polar surface area (TPSA) is 38.5 Å². The van der Waals surface area contributed by atoms with Crippen molar-refractivity contribution in [2.75, 3.05) is 31.2 Å². The third-order valence-corrected chi connectivity index (χ3v) is 3.67. The fourth-order valence-electron chi connectivity index (χ4n) is 1.90. The van der Waals surface area contributed by atoms with Gasteiger partial charge in [0.05, 0.1) is 12.3 Å². The number of nitrogens with two attached hydrogens (primary N) is 1. The Balaban J connectivity index is 2.22. The van der Waals surface area contributed by atoms with Crippen molar-refractivity contribution >= 4 is 38.8 Å². The Bertz CT molecular complexity index is 417. The van der Waals surface area contributed by atoms with Crippen LogP contribution in [0.1, 0.15) is 12.0 Å². The molecule has 2 N–H and O–H groups in total. The Kier molecular flexibility index (Phi) is 4.36. The molecule has 1 aromatic rings. The molecule has 3 nitrogen and oxygen atoms in total. The molecular weight excluding hydrogens is 300 g/mol. The first kappa shape index (κ1) is 12.8. The van der Waals surface area contributed by atoms with Gasteiger partial charge in [0, 0.05) is 29.7 Å². The molecular formula is C12H15BrN2OS. The lowest BCUT2D eigenvalue weighted by molar-refractivity contribution is 0.152. The molecule has 0 amide bonds. The average Bonchev–Trinajstić information content (AvgIpc) is 2.57. The van der Waals surface area contributed by atoms with Crippen LogP contribution in [0.3, 0.4) is 0 Å². The molecule has 0 saturated carbocycles. The number of ether oxygens (including phenoxy) is 1. The van der Waals surface area contributed by atoms with Crippen molar-refractivity contribution in [1.82, 2.24) is 0 Å². The van der Waals surface area contributed by atoms with Crippen LogP contribution in [0.5, 0.6) is 0 Å². The van der Waals surface area contributed by atoms with Crippen LogP contribution >= 0.6 is 28.1 Å². The minimum atomic E-state index is 0.427. The summed E-state index contributed by atoms with van der Waals surface area (Å²) < 4.78 is 6.48. The van der Waals surface area contributed by atoms with Gasteiger partial charge in [0.2, 0.25) is 0 Å². The zero-order valence-electron chi connectivity index (χ0n) is 9.49. The largest absolute Gasteiger partial charge is 0.389 e. The number of nitrogens with zero attached hydrogens (tertiary/aromatic N) is 1. The van der Waals surface area contributed by atoms with Crippen LogP contribution in [-0.2, 0) is 4.74 Å². The summed E-state index contributed by atoms with van der Waals surface area (Å²) in [6.45, 7) is 3.57. The molecule has 5 heteroatoms. The second-order valence-electron chi connectivity index (χ2n) is 3.98. The first-order valence-corrected chi connectivity index (χ1v) is 6.80. The average molecular weight is 315 g/mol. The third kappa shape index (κ3) is 3.18. The molecule has 0 aliphatic carbocycles. The highest BCUT2D eigenvalue weighted by Crippen LogP contribution is 2.28. The lowest BCUT2D eigenvalue weighted by Crippen LogP contribution is -2.26. The molecule has 1 aliphatic rings. The van der Waals surface area contributed by atoms with Gasteiger partial charge in [-0.25, -0.2) is 0 Å². The molecule has 2 rings (SSSR count). The third-order valence-electron chi connectivity index (χ3n) is 2.80. The zero-order chi connectivity index (χ0) is 12.3. The van der Waals surface area contributed by atoms with Crippen molar-refractivity contribution < 1.29 is 4.74 Å². The monoisotopic (exact) mass is 314 g/mol. The quantitative estimate of drug-likeness (QED) is 0.850. The molecule has 0 radical (unpaired) electrons. The number of anilines is 1. The fourth-order valence-corrected chi connectivity index (χ4v) is 2.66. The molecule has 0 unspecified atom stereocenters. The summed E-state index contributed by atoms with van der Waals surface area (Å²) >= 11 is 8.55. The predicted molar refractivity (Wildman–Crippen MR) is 77.7 cm³/mol. The normalized spacial score (nSPS) is 16.6. The fraction of sp³-hybridized carbons (Fsp3) is 0.417. The van der Waals surface area contributed by atoms with Crippen LogP contribution in [0.15, 0.2) is 22.7 Å². The Morgan fingerprint density at radius 3 is 2.88 bits per heavy atom. The van der Waals surface area contributed by atoms with Crippen molar-refractivity contribution in [1.29, 1.82) is 0 Å². The number of benzene rings is 1. The van der Waals surface area contributed by atoms with Crippen LogP contribution in [-0.4, -0.2) is 31.3 Å². The Hall–Kier alpha value is -0.650. The lowest BCUT2D eigenvalue weighted by Gasteiger charge is -2.23. The van der Waals surface area contributed by atoms with Crippen molar-refractivity contribution in [2.24, 2.45) is 5.73 Å². The van der Waals surface area contributed by atoms with Gasteiger partial charge < -0.3 is 15.4 Å². The van der Waals surface area contributed by atoms with Gasteiger partial charge in [-0.05, 0) is 40.5 Å². The maximum absolute atomic E-state index is 5.61. The van der Waals surface area contributed by atoms with E-state index in [-0.39, 0.29) is 0 Å². The molecule has 1 saturated heterocycles. The van der Waals surface area contributed by atoms with Gasteiger partial charge >= 0.3 is 0 Å². The molecule has 1 fully saturated rings. The molecule has 0 spiro atoms. The van der Waals surface area contributed by atoms with E-state index in [9.17, 15) is 0 Å². The number of rotatable bonds is 2. The van der Waals surface area contributed by atoms with Crippen molar-refractivity contribution in [2.45, 2.75) is 6.42 Å². The summed E-state index contributed by atoms with van der Waals surface area (Å²) in [5, 5.41) is 0. The van der Waals surface area contributed by atoms with Crippen LogP contribution in [0.25, 0.3) is 0 Å². The van der Waals surface area contributed by atoms with Crippen LogP contribution in [0, 0.1) is 0 Å². The first-order chi connectivity index (χ1) is 8.18. The lowest BCUT2D eigenvalue weighted by atomic mass is 10.2. The summed E-state index contributed by atoms with van der Waals surface area (Å²) in [7, 11) is 0. The van der Waals surface area contributed by atoms with Crippen LogP contribution in [0.2, 0.25) is 0 Å². The summed E-state index contributed by atoms with van der Waals surface area (Å²) in [6.07, 6.45) is 1.06. The van der Waals surface area contributed by atoms with E-state index in [4.69, 9.17) is 22.7 Å². The molecule has 1 heterocycles. The maximum Gasteiger partial charge on any atom is 0.104 e. The standard InChI is InChI=1S/C12H15BrN2OS/c13-10-8-9(12(14)17)2-3-11(10)15-4-1-6-16-7-5-15/h2-3,8H,1,4-7H2,(H2,14,17). The van der Waals surface area contributed by atoms with Gasteiger partial charge in [0.15, 0.2) is 0 Å². The summed E-state index contributed by atoms with van der Waals surface area (Å²) in [5.74, 6) is 0. The van der Waals surface area contributed by atoms with Crippen LogP contribution < -0.4 is 10.6 Å². The van der Waals surface area contributed by atoms with E-state index in [2.05, 4.69) is 26.9 Å². The Morgan fingerprint density at radius 2 is 2.18 bits per heavy atom. The highest BCUT2D eigenvalue weighted by atomic mass is 79.9. The highest BCUT2D eigenvalue weighted by Gasteiger charge is 2.13. The van der Waals surface area contributed by atoms with Gasteiger partial charge in [0.1, 0.15) is 4.99 Å². The number of hydrogen-bond donors (Lipinski definition) is 1. The zero-order valence-corrected chi connectivity index (χ0v) is 11.9. The molecule has 1 aromatic carbocycles. The number of halogens is 1. The van der Waals surface area contributed by atoms with E-state index in [1.54, 1.807) is 0 Å². The summed E-state index contributed by atoms with van der Waals surface area (Å²) in [5.41, 5.74) is 7.68. The molecule has 0 aromatic heterocycles.